The highest BCUT2D eigenvalue weighted by Gasteiger charge is 2.18. The number of hydrogen-bond donors (Lipinski definition) is 1. The molecule has 0 aliphatic heterocycles. The predicted octanol–water partition coefficient (Wildman–Crippen LogP) is 1.30. The van der Waals surface area contributed by atoms with E-state index in [-0.39, 0.29) is 24.7 Å². The van der Waals surface area contributed by atoms with Crippen LogP contribution in [0.1, 0.15) is 17.7 Å². The summed E-state index contributed by atoms with van der Waals surface area (Å²) in [5, 5.41) is 21.5. The Hall–Kier alpha value is -2.23. The van der Waals surface area contributed by atoms with E-state index in [4.69, 9.17) is 0 Å². The first-order valence-corrected chi connectivity index (χ1v) is 7.29. The summed E-state index contributed by atoms with van der Waals surface area (Å²) >= 11 is 3.06. The molecule has 0 fully saturated rings. The molecule has 0 saturated carbocycles. The highest BCUT2D eigenvalue weighted by atomic mass is 79.9. The summed E-state index contributed by atoms with van der Waals surface area (Å²) in [5.74, 6) is -0.413. The Morgan fingerprint density at radius 1 is 1.45 bits per heavy atom. The van der Waals surface area contributed by atoms with Gasteiger partial charge in [-0.05, 0) is 27.8 Å². The zero-order chi connectivity index (χ0) is 16.3. The molecule has 0 aliphatic carbocycles. The molecule has 0 saturated heterocycles. The maximum absolute atomic E-state index is 11.8. The zero-order valence-electron chi connectivity index (χ0n) is 12.1. The highest BCUT2D eigenvalue weighted by Crippen LogP contribution is 2.21. The number of amides is 1. The van der Waals surface area contributed by atoms with Crippen LogP contribution in [0.25, 0.3) is 0 Å². The van der Waals surface area contributed by atoms with Gasteiger partial charge in [-0.2, -0.15) is 9.78 Å². The van der Waals surface area contributed by atoms with Crippen LogP contribution in [0.15, 0.2) is 16.9 Å². The van der Waals surface area contributed by atoms with E-state index in [9.17, 15) is 14.9 Å². The summed E-state index contributed by atoms with van der Waals surface area (Å²) in [6, 6.07) is 0. The summed E-state index contributed by atoms with van der Waals surface area (Å²) in [6.45, 7) is 2.55. The second-order valence-corrected chi connectivity index (χ2v) is 5.62. The maximum atomic E-state index is 11.8. The number of nitrogens with zero attached hydrogens (tertiary/aromatic N) is 5. The zero-order valence-corrected chi connectivity index (χ0v) is 13.7. The van der Waals surface area contributed by atoms with Crippen LogP contribution in [-0.4, -0.2) is 30.4 Å². The average molecular weight is 371 g/mol. The minimum atomic E-state index is -0.578. The molecule has 2 aromatic rings. The highest BCUT2D eigenvalue weighted by molar-refractivity contribution is 9.10. The van der Waals surface area contributed by atoms with Crippen molar-refractivity contribution >= 4 is 27.7 Å². The van der Waals surface area contributed by atoms with Crippen LogP contribution < -0.4 is 5.32 Å². The summed E-state index contributed by atoms with van der Waals surface area (Å²) in [7, 11) is 1.82. The van der Waals surface area contributed by atoms with Crippen LogP contribution in [0.2, 0.25) is 0 Å². The van der Waals surface area contributed by atoms with E-state index in [1.54, 1.807) is 4.68 Å². The second kappa shape index (κ2) is 6.69. The molecule has 0 aromatic carbocycles. The first-order chi connectivity index (χ1) is 10.4. The van der Waals surface area contributed by atoms with Gasteiger partial charge in [0.25, 0.3) is 0 Å². The molecule has 0 unspecified atom stereocenters. The van der Waals surface area contributed by atoms with Gasteiger partial charge in [0.15, 0.2) is 0 Å². The first kappa shape index (κ1) is 16.1. The summed E-state index contributed by atoms with van der Waals surface area (Å²) in [5.41, 5.74) is 1.82. The summed E-state index contributed by atoms with van der Waals surface area (Å²) in [4.78, 5) is 21.9. The smallest absolute Gasteiger partial charge is 0.358 e. The Morgan fingerprint density at radius 2 is 2.18 bits per heavy atom. The van der Waals surface area contributed by atoms with Crippen molar-refractivity contribution in [2.24, 2.45) is 7.05 Å². The number of halogens is 1. The van der Waals surface area contributed by atoms with Gasteiger partial charge in [-0.3, -0.25) is 9.48 Å². The average Bonchev–Trinajstić information content (AvgIpc) is 2.96. The SMILES string of the molecule is Cc1nn(C)cc1CNC(=O)CCn1cc(Br)c([N+](=O)[O-])n1. The van der Waals surface area contributed by atoms with Crippen LogP contribution in [0.5, 0.6) is 0 Å². The third-order valence-corrected chi connectivity index (χ3v) is 3.59. The van der Waals surface area contributed by atoms with Crippen LogP contribution in [-0.2, 0) is 24.9 Å². The Balaban J connectivity index is 1.84. The molecule has 118 valence electrons. The fourth-order valence-electron chi connectivity index (χ4n) is 1.95. The summed E-state index contributed by atoms with van der Waals surface area (Å²) < 4.78 is 3.36. The lowest BCUT2D eigenvalue weighted by Gasteiger charge is -2.03. The minimum absolute atomic E-state index is 0.155. The molecule has 0 bridgehead atoms. The van der Waals surface area contributed by atoms with Crippen molar-refractivity contribution < 1.29 is 9.72 Å². The van der Waals surface area contributed by atoms with E-state index in [1.165, 1.54) is 10.9 Å². The van der Waals surface area contributed by atoms with Gasteiger partial charge in [-0.25, -0.2) is 0 Å². The normalized spacial score (nSPS) is 10.7. The molecule has 0 spiro atoms. The Morgan fingerprint density at radius 3 is 2.73 bits per heavy atom. The van der Waals surface area contributed by atoms with Crippen molar-refractivity contribution in [2.45, 2.75) is 26.4 Å². The van der Waals surface area contributed by atoms with Gasteiger partial charge in [-0.15, -0.1) is 0 Å². The fraction of sp³-hybridized carbons (Fsp3) is 0.417. The van der Waals surface area contributed by atoms with E-state index in [0.717, 1.165) is 11.3 Å². The van der Waals surface area contributed by atoms with E-state index >= 15 is 0 Å². The molecule has 2 heterocycles. The molecule has 9 nitrogen and oxygen atoms in total. The lowest BCUT2D eigenvalue weighted by molar-refractivity contribution is -0.390. The number of carbonyl (C=O) groups is 1. The van der Waals surface area contributed by atoms with E-state index in [2.05, 4.69) is 31.4 Å². The van der Waals surface area contributed by atoms with Gasteiger partial charge >= 0.3 is 5.82 Å². The molecular weight excluding hydrogens is 356 g/mol. The lowest BCUT2D eigenvalue weighted by Crippen LogP contribution is -2.24. The van der Waals surface area contributed by atoms with Gasteiger partial charge in [-0.1, -0.05) is 0 Å². The van der Waals surface area contributed by atoms with Crippen LogP contribution in [0.4, 0.5) is 5.82 Å². The molecule has 0 aliphatic rings. The third-order valence-electron chi connectivity index (χ3n) is 3.03. The van der Waals surface area contributed by atoms with Crippen molar-refractivity contribution in [3.63, 3.8) is 0 Å². The molecule has 22 heavy (non-hydrogen) atoms. The van der Waals surface area contributed by atoms with Crippen LogP contribution in [0, 0.1) is 17.0 Å². The number of carbonyl (C=O) groups excluding carboxylic acids is 1. The van der Waals surface area contributed by atoms with E-state index < -0.39 is 4.92 Å². The van der Waals surface area contributed by atoms with Gasteiger partial charge in [0, 0.05) is 31.8 Å². The molecule has 0 atom stereocenters. The number of nitro groups is 1. The molecule has 2 aromatic heterocycles. The lowest BCUT2D eigenvalue weighted by atomic mass is 10.2. The topological polar surface area (TPSA) is 108 Å². The number of nitrogens with one attached hydrogen (secondary N) is 1. The number of aryl methyl sites for hydroxylation is 3. The Kier molecular flexibility index (Phi) is 4.91. The number of aromatic nitrogens is 4. The van der Waals surface area contributed by atoms with Gasteiger partial charge in [0.1, 0.15) is 4.47 Å². The quantitative estimate of drug-likeness (QED) is 0.608. The summed E-state index contributed by atoms with van der Waals surface area (Å²) in [6.07, 6.45) is 3.52. The Labute approximate surface area is 134 Å². The van der Waals surface area contributed by atoms with Gasteiger partial charge < -0.3 is 15.4 Å². The largest absolute Gasteiger partial charge is 0.404 e. The second-order valence-electron chi connectivity index (χ2n) is 4.76. The molecule has 0 radical (unpaired) electrons. The molecule has 10 heteroatoms. The maximum Gasteiger partial charge on any atom is 0.404 e. The third kappa shape index (κ3) is 3.91. The van der Waals surface area contributed by atoms with Crippen molar-refractivity contribution in [1.82, 2.24) is 24.9 Å². The Bertz CT molecular complexity index is 708. The van der Waals surface area contributed by atoms with E-state index in [0.29, 0.717) is 11.0 Å². The minimum Gasteiger partial charge on any atom is -0.358 e. The molecule has 1 amide bonds. The fourth-order valence-corrected chi connectivity index (χ4v) is 2.41. The number of rotatable bonds is 6. The van der Waals surface area contributed by atoms with Crippen molar-refractivity contribution in [3.05, 3.63) is 38.2 Å². The van der Waals surface area contributed by atoms with E-state index in [1.807, 2.05) is 20.2 Å². The van der Waals surface area contributed by atoms with Crippen molar-refractivity contribution in [2.75, 3.05) is 0 Å². The van der Waals surface area contributed by atoms with Crippen molar-refractivity contribution in [1.29, 1.82) is 0 Å². The standard InChI is InChI=1S/C12H15BrN6O3/c1-8-9(6-17(2)15-8)5-14-11(20)3-4-18-7-10(13)12(16-18)19(21)22/h6-7H,3-5H2,1-2H3,(H,14,20). The van der Waals surface area contributed by atoms with Crippen molar-refractivity contribution in [3.8, 4) is 0 Å². The molecule has 2 rings (SSSR count). The van der Waals surface area contributed by atoms with Crippen LogP contribution in [0.3, 0.4) is 0 Å². The van der Waals surface area contributed by atoms with Gasteiger partial charge in [0.05, 0.1) is 23.5 Å². The molecule has 1 N–H and O–H groups in total. The number of hydrogen-bond acceptors (Lipinski definition) is 5. The predicted molar refractivity (Wildman–Crippen MR) is 81.0 cm³/mol. The van der Waals surface area contributed by atoms with Crippen LogP contribution >= 0.6 is 15.9 Å². The monoisotopic (exact) mass is 370 g/mol. The molecular formula is C12H15BrN6O3. The first-order valence-electron chi connectivity index (χ1n) is 6.50. The van der Waals surface area contributed by atoms with Gasteiger partial charge in [0.2, 0.25) is 5.91 Å².